The standard InChI is InChI=1S/C25H30N4O4/c1-16(2)15-33-21-10-8-19(13-22(21)32-4)24-27-25(31)20(28-29-24)9-11-23(30)26-14-18-7-5-6-17(3)12-18/h5-8,10,12-13,16H,9,11,14-15H2,1-4H3,(H,26,30)(H,27,29,31). The van der Waals surface area contributed by atoms with Crippen molar-refractivity contribution >= 4 is 5.91 Å². The number of nitrogens with one attached hydrogen (secondary N) is 2. The van der Waals surface area contributed by atoms with Crippen LogP contribution in [0.3, 0.4) is 0 Å². The van der Waals surface area contributed by atoms with Crippen molar-refractivity contribution in [3.05, 3.63) is 69.6 Å². The van der Waals surface area contributed by atoms with Gasteiger partial charge in [-0.05, 0) is 36.6 Å². The fraction of sp³-hybridized carbons (Fsp3) is 0.360. The Morgan fingerprint density at radius 2 is 1.94 bits per heavy atom. The van der Waals surface area contributed by atoms with E-state index in [0.29, 0.717) is 42.0 Å². The maximum absolute atomic E-state index is 12.5. The Hall–Kier alpha value is -3.68. The number of amides is 1. The minimum atomic E-state index is -0.370. The van der Waals surface area contributed by atoms with Gasteiger partial charge in [-0.25, -0.2) is 0 Å². The Morgan fingerprint density at radius 1 is 1.12 bits per heavy atom. The highest BCUT2D eigenvalue weighted by Gasteiger charge is 2.12. The minimum absolute atomic E-state index is 0.150. The van der Waals surface area contributed by atoms with Gasteiger partial charge >= 0.3 is 0 Å². The summed E-state index contributed by atoms with van der Waals surface area (Å²) in [5, 5.41) is 11.0. The molecule has 0 bridgehead atoms. The molecule has 174 valence electrons. The Bertz CT molecular complexity index is 1160. The van der Waals surface area contributed by atoms with Gasteiger partial charge in [0.15, 0.2) is 17.3 Å². The molecule has 1 heterocycles. The van der Waals surface area contributed by atoms with Crippen molar-refractivity contribution in [1.29, 1.82) is 0 Å². The fourth-order valence-electron chi connectivity index (χ4n) is 3.19. The largest absolute Gasteiger partial charge is 0.493 e. The fourth-order valence-corrected chi connectivity index (χ4v) is 3.19. The average molecular weight is 451 g/mol. The van der Waals surface area contributed by atoms with Crippen molar-refractivity contribution in [3.8, 4) is 22.9 Å². The first kappa shape index (κ1) is 24.0. The third-order valence-corrected chi connectivity index (χ3v) is 4.94. The maximum Gasteiger partial charge on any atom is 0.273 e. The summed E-state index contributed by atoms with van der Waals surface area (Å²) in [5.41, 5.74) is 2.66. The topological polar surface area (TPSA) is 106 Å². The van der Waals surface area contributed by atoms with Gasteiger partial charge in [0.2, 0.25) is 5.91 Å². The van der Waals surface area contributed by atoms with E-state index in [1.165, 1.54) is 0 Å². The van der Waals surface area contributed by atoms with Crippen LogP contribution in [0.2, 0.25) is 0 Å². The quantitative estimate of drug-likeness (QED) is 0.490. The molecule has 8 heteroatoms. The summed E-state index contributed by atoms with van der Waals surface area (Å²) < 4.78 is 11.2. The van der Waals surface area contributed by atoms with E-state index in [1.54, 1.807) is 25.3 Å². The third kappa shape index (κ3) is 6.90. The Kier molecular flexibility index (Phi) is 8.18. The van der Waals surface area contributed by atoms with Crippen LogP contribution < -0.4 is 20.3 Å². The number of H-pyrrole nitrogens is 1. The number of rotatable bonds is 10. The number of aromatic nitrogens is 3. The smallest absolute Gasteiger partial charge is 0.273 e. The predicted octanol–water partition coefficient (Wildman–Crippen LogP) is 3.43. The summed E-state index contributed by atoms with van der Waals surface area (Å²) in [6.45, 7) is 7.15. The zero-order valence-corrected chi connectivity index (χ0v) is 19.5. The number of hydrogen-bond donors (Lipinski definition) is 2. The zero-order chi connectivity index (χ0) is 23.8. The highest BCUT2D eigenvalue weighted by molar-refractivity contribution is 5.76. The third-order valence-electron chi connectivity index (χ3n) is 4.94. The lowest BCUT2D eigenvalue weighted by molar-refractivity contribution is -0.121. The molecule has 0 aliphatic carbocycles. The van der Waals surface area contributed by atoms with Crippen LogP contribution in [0.25, 0.3) is 11.4 Å². The summed E-state index contributed by atoms with van der Waals surface area (Å²) in [6.07, 6.45) is 0.353. The number of ether oxygens (including phenoxy) is 2. The maximum atomic E-state index is 12.5. The number of aromatic amines is 1. The van der Waals surface area contributed by atoms with E-state index in [1.807, 2.05) is 31.2 Å². The van der Waals surface area contributed by atoms with Crippen molar-refractivity contribution in [3.63, 3.8) is 0 Å². The molecule has 0 unspecified atom stereocenters. The van der Waals surface area contributed by atoms with Crippen LogP contribution in [-0.4, -0.2) is 34.8 Å². The average Bonchev–Trinajstić information content (AvgIpc) is 2.80. The first-order chi connectivity index (χ1) is 15.9. The molecule has 0 radical (unpaired) electrons. The number of carbonyl (C=O) groups is 1. The van der Waals surface area contributed by atoms with Crippen LogP contribution in [0.1, 0.15) is 37.1 Å². The monoisotopic (exact) mass is 450 g/mol. The van der Waals surface area contributed by atoms with E-state index in [9.17, 15) is 9.59 Å². The lowest BCUT2D eigenvalue weighted by Crippen LogP contribution is -2.25. The molecule has 2 N–H and O–H groups in total. The molecule has 0 aliphatic rings. The normalized spacial score (nSPS) is 10.8. The molecule has 0 saturated heterocycles. The molecule has 1 amide bonds. The molecule has 3 rings (SSSR count). The molecule has 0 spiro atoms. The number of aryl methyl sites for hydroxylation is 2. The SMILES string of the molecule is COc1cc(-c2nnc(CCC(=O)NCc3cccc(C)c3)c(=O)[nH]2)ccc1OCC(C)C. The first-order valence-corrected chi connectivity index (χ1v) is 10.9. The summed E-state index contributed by atoms with van der Waals surface area (Å²) >= 11 is 0. The van der Waals surface area contributed by atoms with Crippen molar-refractivity contribution in [2.75, 3.05) is 13.7 Å². The highest BCUT2D eigenvalue weighted by atomic mass is 16.5. The molecule has 0 aliphatic heterocycles. The van der Waals surface area contributed by atoms with Gasteiger partial charge in [-0.1, -0.05) is 43.7 Å². The van der Waals surface area contributed by atoms with Gasteiger partial charge < -0.3 is 19.8 Å². The van der Waals surface area contributed by atoms with E-state index < -0.39 is 0 Å². The zero-order valence-electron chi connectivity index (χ0n) is 19.5. The second kappa shape index (κ2) is 11.3. The number of benzene rings is 2. The van der Waals surface area contributed by atoms with E-state index in [2.05, 4.69) is 34.3 Å². The molecule has 3 aromatic rings. The minimum Gasteiger partial charge on any atom is -0.493 e. The van der Waals surface area contributed by atoms with Gasteiger partial charge in [-0.15, -0.1) is 10.2 Å². The molecule has 2 aromatic carbocycles. The van der Waals surface area contributed by atoms with Crippen LogP contribution in [0.15, 0.2) is 47.3 Å². The van der Waals surface area contributed by atoms with Gasteiger partial charge in [0.25, 0.3) is 5.56 Å². The molecule has 33 heavy (non-hydrogen) atoms. The molecule has 8 nitrogen and oxygen atoms in total. The number of nitrogens with zero attached hydrogens (tertiary/aromatic N) is 2. The van der Waals surface area contributed by atoms with Gasteiger partial charge in [0.1, 0.15) is 5.69 Å². The van der Waals surface area contributed by atoms with Gasteiger partial charge in [0.05, 0.1) is 13.7 Å². The number of hydrogen-bond acceptors (Lipinski definition) is 6. The molecule has 0 saturated carbocycles. The lowest BCUT2D eigenvalue weighted by Gasteiger charge is -2.13. The Balaban J connectivity index is 1.61. The number of methoxy groups -OCH3 is 1. The van der Waals surface area contributed by atoms with Crippen molar-refractivity contribution in [2.24, 2.45) is 5.92 Å². The summed E-state index contributed by atoms with van der Waals surface area (Å²) in [4.78, 5) is 27.4. The second-order valence-corrected chi connectivity index (χ2v) is 8.29. The van der Waals surface area contributed by atoms with Crippen LogP contribution in [0, 0.1) is 12.8 Å². The van der Waals surface area contributed by atoms with Crippen LogP contribution >= 0.6 is 0 Å². The molecular formula is C25H30N4O4. The second-order valence-electron chi connectivity index (χ2n) is 8.29. The van der Waals surface area contributed by atoms with E-state index >= 15 is 0 Å². The Morgan fingerprint density at radius 3 is 2.64 bits per heavy atom. The number of carbonyl (C=O) groups excluding carboxylic acids is 1. The molecule has 0 atom stereocenters. The van der Waals surface area contributed by atoms with Gasteiger partial charge in [0, 0.05) is 24.9 Å². The Labute approximate surface area is 193 Å². The lowest BCUT2D eigenvalue weighted by atomic mass is 10.1. The van der Waals surface area contributed by atoms with E-state index in [0.717, 1.165) is 11.1 Å². The predicted molar refractivity (Wildman–Crippen MR) is 126 cm³/mol. The van der Waals surface area contributed by atoms with Crippen LogP contribution in [0.5, 0.6) is 11.5 Å². The van der Waals surface area contributed by atoms with Gasteiger partial charge in [-0.2, -0.15) is 0 Å². The van der Waals surface area contributed by atoms with Crippen molar-refractivity contribution in [1.82, 2.24) is 20.5 Å². The van der Waals surface area contributed by atoms with E-state index in [4.69, 9.17) is 9.47 Å². The summed E-state index contributed by atoms with van der Waals surface area (Å²) in [6, 6.07) is 13.3. The molecule has 0 fully saturated rings. The van der Waals surface area contributed by atoms with Crippen LogP contribution in [0.4, 0.5) is 0 Å². The van der Waals surface area contributed by atoms with Crippen molar-refractivity contribution < 1.29 is 14.3 Å². The first-order valence-electron chi connectivity index (χ1n) is 10.9. The van der Waals surface area contributed by atoms with Crippen molar-refractivity contribution in [2.45, 2.75) is 40.2 Å². The van der Waals surface area contributed by atoms with E-state index in [-0.39, 0.29) is 30.0 Å². The molecule has 1 aromatic heterocycles. The summed E-state index contributed by atoms with van der Waals surface area (Å²) in [7, 11) is 1.56. The van der Waals surface area contributed by atoms with Gasteiger partial charge in [-0.3, -0.25) is 9.59 Å². The highest BCUT2D eigenvalue weighted by Crippen LogP contribution is 2.31. The summed E-state index contributed by atoms with van der Waals surface area (Å²) in [5.74, 6) is 1.72. The molecular weight excluding hydrogens is 420 g/mol. The van der Waals surface area contributed by atoms with Crippen LogP contribution in [-0.2, 0) is 17.8 Å².